The van der Waals surface area contributed by atoms with Gasteiger partial charge in [-0.15, -0.1) is 0 Å². The van der Waals surface area contributed by atoms with Gasteiger partial charge in [0.15, 0.2) is 22.0 Å². The predicted molar refractivity (Wildman–Crippen MR) is 184 cm³/mol. The zero-order chi connectivity index (χ0) is 33.1. The predicted octanol–water partition coefficient (Wildman–Crippen LogP) is 6.90. The molecule has 0 unspecified atom stereocenters. The van der Waals surface area contributed by atoms with Crippen LogP contribution in [0.1, 0.15) is 56.0 Å². The van der Waals surface area contributed by atoms with Crippen molar-refractivity contribution < 1.29 is 23.7 Å². The highest BCUT2D eigenvalue weighted by Crippen LogP contribution is 2.37. The second-order valence-corrected chi connectivity index (χ2v) is 13.2. The fraction of sp³-hybridized carbons (Fsp3) is 0.286. The molecule has 240 valence electrons. The molecule has 3 aromatic carbocycles. The van der Waals surface area contributed by atoms with Crippen LogP contribution in [0.15, 0.2) is 80.1 Å². The van der Waals surface area contributed by atoms with Gasteiger partial charge in [0.05, 0.1) is 51.2 Å². The van der Waals surface area contributed by atoms with Crippen LogP contribution in [0.2, 0.25) is 5.02 Å². The summed E-state index contributed by atoms with van der Waals surface area (Å²) in [6.07, 6.45) is 1.68. The van der Waals surface area contributed by atoms with Gasteiger partial charge >= 0.3 is 5.97 Å². The molecule has 5 rings (SSSR count). The number of nitrogens with zero attached hydrogens (tertiary/aromatic N) is 2. The Morgan fingerprint density at radius 3 is 2.59 bits per heavy atom. The van der Waals surface area contributed by atoms with Crippen LogP contribution in [0.3, 0.4) is 0 Å². The van der Waals surface area contributed by atoms with Crippen molar-refractivity contribution >= 4 is 50.9 Å². The molecule has 46 heavy (non-hydrogen) atoms. The molecule has 0 radical (unpaired) electrons. The number of methoxy groups -OCH3 is 1. The second kappa shape index (κ2) is 14.3. The first-order valence-electron chi connectivity index (χ1n) is 14.7. The Morgan fingerprint density at radius 1 is 1.13 bits per heavy atom. The summed E-state index contributed by atoms with van der Waals surface area (Å²) in [4.78, 5) is 32.5. The second-order valence-electron chi connectivity index (χ2n) is 11.0. The van der Waals surface area contributed by atoms with Crippen LogP contribution in [0.5, 0.6) is 17.2 Å². The van der Waals surface area contributed by atoms with Gasteiger partial charge in [0.1, 0.15) is 6.61 Å². The normalized spacial score (nSPS) is 14.6. The van der Waals surface area contributed by atoms with Crippen molar-refractivity contribution in [3.8, 4) is 17.2 Å². The zero-order valence-corrected chi connectivity index (χ0v) is 29.5. The van der Waals surface area contributed by atoms with Gasteiger partial charge in [0, 0.05) is 0 Å². The molecule has 0 spiro atoms. The van der Waals surface area contributed by atoms with Gasteiger partial charge in [-0.25, -0.2) is 9.79 Å². The van der Waals surface area contributed by atoms with E-state index in [1.807, 2.05) is 51.1 Å². The number of esters is 1. The maximum Gasteiger partial charge on any atom is 0.338 e. The minimum atomic E-state index is -0.799. The lowest BCUT2D eigenvalue weighted by molar-refractivity contribution is -0.139. The Labute approximate surface area is 284 Å². The maximum atomic E-state index is 14.1. The number of aryl methyl sites for hydroxylation is 1. The van der Waals surface area contributed by atoms with E-state index in [9.17, 15) is 9.59 Å². The van der Waals surface area contributed by atoms with E-state index in [0.717, 1.165) is 11.1 Å². The molecule has 1 aliphatic heterocycles. The lowest BCUT2D eigenvalue weighted by Gasteiger charge is -2.25. The van der Waals surface area contributed by atoms with Crippen LogP contribution >= 0.6 is 38.9 Å². The van der Waals surface area contributed by atoms with E-state index in [1.165, 1.54) is 15.9 Å². The molecule has 0 fully saturated rings. The third-order valence-corrected chi connectivity index (χ3v) is 9.02. The number of carbonyl (C=O) groups excluding carboxylic acids is 1. The van der Waals surface area contributed by atoms with Crippen molar-refractivity contribution in [3.05, 3.63) is 117 Å². The number of thiazole rings is 1. The maximum absolute atomic E-state index is 14.1. The summed E-state index contributed by atoms with van der Waals surface area (Å²) >= 11 is 11.5. The highest BCUT2D eigenvalue weighted by Gasteiger charge is 2.34. The first kappa shape index (κ1) is 33.5. The monoisotopic (exact) mass is 724 g/mol. The smallest absolute Gasteiger partial charge is 0.338 e. The van der Waals surface area contributed by atoms with E-state index in [1.54, 1.807) is 45.2 Å². The molecule has 4 aromatic rings. The first-order chi connectivity index (χ1) is 22.0. The summed E-state index contributed by atoms with van der Waals surface area (Å²) in [6.45, 7) is 9.90. The molecule has 11 heteroatoms. The number of ether oxygens (including phenoxy) is 4. The largest absolute Gasteiger partial charge is 0.493 e. The van der Waals surface area contributed by atoms with Crippen LogP contribution in [-0.2, 0) is 16.1 Å². The molecule has 8 nitrogen and oxygen atoms in total. The molecule has 1 aliphatic rings. The third kappa shape index (κ3) is 7.09. The molecule has 0 N–H and O–H groups in total. The zero-order valence-electron chi connectivity index (χ0n) is 26.4. The summed E-state index contributed by atoms with van der Waals surface area (Å²) in [7, 11) is 1.55. The number of halogens is 2. The Morgan fingerprint density at radius 2 is 1.91 bits per heavy atom. The topological polar surface area (TPSA) is 88.4 Å². The fourth-order valence-corrected chi connectivity index (χ4v) is 7.26. The van der Waals surface area contributed by atoms with E-state index in [-0.39, 0.29) is 23.8 Å². The molecule has 1 atom stereocenters. The molecule has 0 amide bonds. The lowest BCUT2D eigenvalue weighted by Crippen LogP contribution is -2.40. The number of allylic oxidation sites excluding steroid dienone is 1. The highest BCUT2D eigenvalue weighted by atomic mass is 79.9. The van der Waals surface area contributed by atoms with Crippen LogP contribution in [0, 0.1) is 6.92 Å². The molecule has 0 saturated heterocycles. The van der Waals surface area contributed by atoms with Gasteiger partial charge in [0.25, 0.3) is 5.56 Å². The molecule has 0 saturated carbocycles. The van der Waals surface area contributed by atoms with Gasteiger partial charge in [-0.1, -0.05) is 58.8 Å². The van der Waals surface area contributed by atoms with E-state index in [4.69, 9.17) is 30.5 Å². The van der Waals surface area contributed by atoms with E-state index < -0.39 is 12.0 Å². The molecular formula is C35H34BrClN2O6S. The summed E-state index contributed by atoms with van der Waals surface area (Å²) in [5, 5.41) is 0.398. The fourth-order valence-electron chi connectivity index (χ4n) is 5.22. The van der Waals surface area contributed by atoms with Crippen molar-refractivity contribution in [2.45, 2.75) is 53.4 Å². The number of hydrogen-bond donors (Lipinski definition) is 0. The number of rotatable bonds is 10. The molecule has 0 aliphatic carbocycles. The Kier molecular flexibility index (Phi) is 10.4. The lowest BCUT2D eigenvalue weighted by atomic mass is 9.95. The van der Waals surface area contributed by atoms with Crippen molar-refractivity contribution in [3.63, 3.8) is 0 Å². The number of benzene rings is 3. The quantitative estimate of drug-likeness (QED) is 0.166. The average molecular weight is 726 g/mol. The van der Waals surface area contributed by atoms with Crippen LogP contribution in [0.25, 0.3) is 6.08 Å². The standard InChI is InChI=1S/C35H34BrClN2O6S/c1-7-43-34(41)30-21(5)38-35-39(31(30)24-11-12-27(45-19(2)3)28(17-24)42-6)33(40)29(46-35)16-23-14-25(36)32(26(37)15-23)44-18-22-10-8-9-20(4)13-22/h8-17,19,31H,7,18H2,1-6H3/b29-16-/t31-/m0/s1. The molecular weight excluding hydrogens is 692 g/mol. The van der Waals surface area contributed by atoms with Crippen LogP contribution in [0.4, 0.5) is 0 Å². The third-order valence-electron chi connectivity index (χ3n) is 7.17. The Bertz CT molecular complexity index is 1990. The summed E-state index contributed by atoms with van der Waals surface area (Å²) in [6, 6.07) is 16.3. The SMILES string of the molecule is CCOC(=O)C1=C(C)N=c2s/c(=C\c3cc(Cl)c(OCc4cccc(C)c4)c(Br)c3)c(=O)n2[C@H]1c1ccc(OC(C)C)c(OC)c1. The number of aromatic nitrogens is 1. The minimum Gasteiger partial charge on any atom is -0.493 e. The Balaban J connectivity index is 1.58. The van der Waals surface area contributed by atoms with Crippen LogP contribution < -0.4 is 29.1 Å². The summed E-state index contributed by atoms with van der Waals surface area (Å²) in [5.41, 5.74) is 3.96. The molecule has 1 aromatic heterocycles. The van der Waals surface area contributed by atoms with E-state index in [2.05, 4.69) is 27.0 Å². The minimum absolute atomic E-state index is 0.0723. The van der Waals surface area contributed by atoms with Crippen molar-refractivity contribution in [1.29, 1.82) is 0 Å². The number of fused-ring (bicyclic) bond motifs is 1. The molecule has 2 heterocycles. The van der Waals surface area contributed by atoms with Crippen molar-refractivity contribution in [1.82, 2.24) is 4.57 Å². The Hall–Kier alpha value is -3.86. The molecule has 0 bridgehead atoms. The number of hydrogen-bond acceptors (Lipinski definition) is 8. The average Bonchev–Trinajstić information content (AvgIpc) is 3.29. The summed E-state index contributed by atoms with van der Waals surface area (Å²) < 4.78 is 25.6. The number of carbonyl (C=O) groups is 1. The summed E-state index contributed by atoms with van der Waals surface area (Å²) in [5.74, 6) is 1.01. The van der Waals surface area contributed by atoms with Gasteiger partial charge in [0.2, 0.25) is 0 Å². The first-order valence-corrected chi connectivity index (χ1v) is 16.7. The van der Waals surface area contributed by atoms with E-state index in [0.29, 0.717) is 59.5 Å². The van der Waals surface area contributed by atoms with Gasteiger partial charge in [-0.05, 0) is 97.6 Å². The van der Waals surface area contributed by atoms with E-state index >= 15 is 0 Å². The van der Waals surface area contributed by atoms with Crippen molar-refractivity contribution in [2.75, 3.05) is 13.7 Å². The van der Waals surface area contributed by atoms with Crippen molar-refractivity contribution in [2.24, 2.45) is 4.99 Å². The van der Waals surface area contributed by atoms with Gasteiger partial charge in [-0.2, -0.15) is 0 Å². The van der Waals surface area contributed by atoms with Gasteiger partial charge < -0.3 is 18.9 Å². The van der Waals surface area contributed by atoms with Gasteiger partial charge in [-0.3, -0.25) is 9.36 Å². The van der Waals surface area contributed by atoms with Crippen LogP contribution in [-0.4, -0.2) is 30.4 Å². The highest BCUT2D eigenvalue weighted by molar-refractivity contribution is 9.10.